The van der Waals surface area contributed by atoms with E-state index in [0.717, 1.165) is 68.2 Å². The normalized spacial score (nSPS) is 21.9. The van der Waals surface area contributed by atoms with Crippen molar-refractivity contribution in [2.45, 2.75) is 38.8 Å². The quantitative estimate of drug-likeness (QED) is 0.622. The molecule has 35 heavy (non-hydrogen) atoms. The number of pyridine rings is 2. The summed E-state index contributed by atoms with van der Waals surface area (Å²) >= 11 is 0. The second kappa shape index (κ2) is 10.1. The van der Waals surface area contributed by atoms with Gasteiger partial charge in [0.2, 0.25) is 0 Å². The molecule has 188 valence electrons. The fourth-order valence-corrected chi connectivity index (χ4v) is 5.96. The average Bonchev–Trinajstić information content (AvgIpc) is 3.30. The van der Waals surface area contributed by atoms with E-state index in [9.17, 15) is 9.18 Å². The molecule has 1 spiro atoms. The Morgan fingerprint density at radius 1 is 1.17 bits per heavy atom. The van der Waals surface area contributed by atoms with E-state index >= 15 is 0 Å². The first-order chi connectivity index (χ1) is 17.0. The highest BCUT2D eigenvalue weighted by Crippen LogP contribution is 2.47. The molecule has 1 amide bonds. The molecule has 9 heteroatoms. The van der Waals surface area contributed by atoms with Crippen LogP contribution in [0.5, 0.6) is 0 Å². The van der Waals surface area contributed by atoms with Crippen molar-refractivity contribution in [2.75, 3.05) is 57.9 Å². The first-order valence-corrected chi connectivity index (χ1v) is 12.5. The Morgan fingerprint density at radius 3 is 2.71 bits per heavy atom. The highest BCUT2D eigenvalue weighted by Gasteiger charge is 2.51. The maximum atomic E-state index is 14.2. The standard InChI is InChI=1S/C26H34FN5O3/c1-3-35-25(33)32-17-26(18-32)5-4-22(12-26)30-6-8-31(9-7-30)24-23(11-21(27)15-29-24)20-10-19(16-34-2)13-28-14-20/h10-11,13-15,22H,3-9,12,16-18H2,1-2H3/t22-/m1/s1. The zero-order valence-corrected chi connectivity index (χ0v) is 20.6. The number of likely N-dealkylation sites (tertiary alicyclic amines) is 1. The molecule has 3 fully saturated rings. The van der Waals surface area contributed by atoms with Crippen molar-refractivity contribution < 1.29 is 18.7 Å². The Labute approximate surface area is 206 Å². The van der Waals surface area contributed by atoms with E-state index in [0.29, 0.717) is 19.3 Å². The zero-order valence-electron chi connectivity index (χ0n) is 20.6. The number of methoxy groups -OCH3 is 1. The van der Waals surface area contributed by atoms with Crippen LogP contribution in [0.3, 0.4) is 0 Å². The van der Waals surface area contributed by atoms with Gasteiger partial charge in [-0.05, 0) is 43.9 Å². The van der Waals surface area contributed by atoms with Crippen LogP contribution >= 0.6 is 0 Å². The molecule has 1 atom stereocenters. The number of anilines is 1. The Hall–Kier alpha value is -2.78. The lowest BCUT2D eigenvalue weighted by Crippen LogP contribution is -2.58. The number of carbonyl (C=O) groups excluding carboxylic acids is 1. The summed E-state index contributed by atoms with van der Waals surface area (Å²) in [6.07, 6.45) is 8.12. The molecule has 1 saturated carbocycles. The highest BCUT2D eigenvalue weighted by molar-refractivity contribution is 5.75. The molecule has 2 aromatic heterocycles. The van der Waals surface area contributed by atoms with Crippen molar-refractivity contribution >= 4 is 11.9 Å². The van der Waals surface area contributed by atoms with E-state index in [1.54, 1.807) is 25.6 Å². The van der Waals surface area contributed by atoms with Crippen molar-refractivity contribution in [3.63, 3.8) is 0 Å². The van der Waals surface area contributed by atoms with Crippen LogP contribution in [0, 0.1) is 11.2 Å². The Kier molecular flexibility index (Phi) is 6.88. The number of hydrogen-bond donors (Lipinski definition) is 0. The largest absolute Gasteiger partial charge is 0.450 e. The molecule has 0 N–H and O–H groups in total. The molecule has 0 radical (unpaired) electrons. The molecule has 3 aliphatic rings. The number of hydrogen-bond acceptors (Lipinski definition) is 7. The number of nitrogens with zero attached hydrogens (tertiary/aromatic N) is 5. The molecule has 5 rings (SSSR count). The molecule has 0 unspecified atom stereocenters. The summed E-state index contributed by atoms with van der Waals surface area (Å²) < 4.78 is 24.6. The third-order valence-corrected chi connectivity index (χ3v) is 7.64. The van der Waals surface area contributed by atoms with Gasteiger partial charge in [-0.2, -0.15) is 0 Å². The molecule has 8 nitrogen and oxygen atoms in total. The minimum absolute atomic E-state index is 0.180. The first kappa shape index (κ1) is 23.9. The van der Waals surface area contributed by atoms with Gasteiger partial charge in [-0.25, -0.2) is 14.2 Å². The maximum absolute atomic E-state index is 14.2. The molecule has 0 aromatic carbocycles. The third-order valence-electron chi connectivity index (χ3n) is 7.64. The fourth-order valence-electron chi connectivity index (χ4n) is 5.96. The minimum Gasteiger partial charge on any atom is -0.450 e. The molecular formula is C26H34FN5O3. The van der Waals surface area contributed by atoms with Crippen LogP contribution in [0.15, 0.2) is 30.7 Å². The maximum Gasteiger partial charge on any atom is 0.409 e. The molecule has 0 bridgehead atoms. The van der Waals surface area contributed by atoms with Crippen molar-refractivity contribution in [1.82, 2.24) is 19.8 Å². The van der Waals surface area contributed by atoms with Gasteiger partial charge in [0.1, 0.15) is 11.6 Å². The van der Waals surface area contributed by atoms with Gasteiger partial charge in [0, 0.05) is 81.4 Å². The van der Waals surface area contributed by atoms with E-state index in [1.165, 1.54) is 19.0 Å². The molecular weight excluding hydrogens is 449 g/mol. The van der Waals surface area contributed by atoms with Crippen molar-refractivity contribution in [3.05, 3.63) is 42.1 Å². The summed E-state index contributed by atoms with van der Waals surface area (Å²) in [5.74, 6) is 0.447. The van der Waals surface area contributed by atoms with Crippen LogP contribution in [0.25, 0.3) is 11.1 Å². The Morgan fingerprint density at radius 2 is 1.97 bits per heavy atom. The second-order valence-electron chi connectivity index (χ2n) is 10.0. The van der Waals surface area contributed by atoms with E-state index in [-0.39, 0.29) is 17.3 Å². The first-order valence-electron chi connectivity index (χ1n) is 12.5. The Bertz CT molecular complexity index is 1050. The minimum atomic E-state index is -0.354. The van der Waals surface area contributed by atoms with Gasteiger partial charge in [0.25, 0.3) is 0 Å². The third kappa shape index (κ3) is 4.97. The number of piperazine rings is 1. The van der Waals surface area contributed by atoms with Crippen LogP contribution in [-0.2, 0) is 16.1 Å². The predicted octanol–water partition coefficient (Wildman–Crippen LogP) is 3.56. The van der Waals surface area contributed by atoms with Gasteiger partial charge in [-0.1, -0.05) is 0 Å². The van der Waals surface area contributed by atoms with Crippen LogP contribution in [0.2, 0.25) is 0 Å². The number of ether oxygens (including phenoxy) is 2. The van der Waals surface area contributed by atoms with Gasteiger partial charge >= 0.3 is 6.09 Å². The summed E-state index contributed by atoms with van der Waals surface area (Å²) in [5, 5.41) is 0. The summed E-state index contributed by atoms with van der Waals surface area (Å²) in [6.45, 7) is 7.95. The lowest BCUT2D eigenvalue weighted by molar-refractivity contribution is -0.00294. The van der Waals surface area contributed by atoms with E-state index < -0.39 is 0 Å². The summed E-state index contributed by atoms with van der Waals surface area (Å²) in [5.41, 5.74) is 2.81. The van der Waals surface area contributed by atoms with Gasteiger partial charge in [0.05, 0.1) is 19.4 Å². The van der Waals surface area contributed by atoms with Crippen LogP contribution in [0.4, 0.5) is 15.0 Å². The monoisotopic (exact) mass is 483 g/mol. The van der Waals surface area contributed by atoms with Crippen molar-refractivity contribution in [3.8, 4) is 11.1 Å². The molecule has 4 heterocycles. The second-order valence-corrected chi connectivity index (χ2v) is 10.0. The van der Waals surface area contributed by atoms with E-state index in [4.69, 9.17) is 9.47 Å². The van der Waals surface area contributed by atoms with E-state index in [1.807, 2.05) is 17.9 Å². The Balaban J connectivity index is 1.22. The number of carbonyl (C=O) groups is 1. The number of halogens is 1. The topological polar surface area (TPSA) is 71.0 Å². The van der Waals surface area contributed by atoms with Gasteiger partial charge in [-0.3, -0.25) is 9.88 Å². The number of aromatic nitrogens is 2. The van der Waals surface area contributed by atoms with Crippen molar-refractivity contribution in [2.24, 2.45) is 5.41 Å². The van der Waals surface area contributed by atoms with Crippen molar-refractivity contribution in [1.29, 1.82) is 0 Å². The van der Waals surface area contributed by atoms with Crippen LogP contribution in [0.1, 0.15) is 31.7 Å². The van der Waals surface area contributed by atoms with Crippen LogP contribution < -0.4 is 4.90 Å². The molecule has 2 aliphatic heterocycles. The van der Waals surface area contributed by atoms with Crippen LogP contribution in [-0.4, -0.2) is 84.9 Å². The summed E-state index contributed by atoms with van der Waals surface area (Å²) in [7, 11) is 1.65. The van der Waals surface area contributed by atoms with E-state index in [2.05, 4.69) is 19.8 Å². The van der Waals surface area contributed by atoms with Gasteiger partial charge in [0.15, 0.2) is 0 Å². The highest BCUT2D eigenvalue weighted by atomic mass is 19.1. The smallest absolute Gasteiger partial charge is 0.409 e. The zero-order chi connectivity index (χ0) is 24.4. The number of amides is 1. The lowest BCUT2D eigenvalue weighted by atomic mass is 9.78. The summed E-state index contributed by atoms with van der Waals surface area (Å²) in [4.78, 5) is 27.5. The van der Waals surface area contributed by atoms with Gasteiger partial charge < -0.3 is 19.3 Å². The average molecular weight is 484 g/mol. The molecule has 1 aliphatic carbocycles. The fraction of sp³-hybridized carbons (Fsp3) is 0.577. The molecule has 2 saturated heterocycles. The number of rotatable bonds is 6. The summed E-state index contributed by atoms with van der Waals surface area (Å²) in [6, 6.07) is 4.09. The SMILES string of the molecule is CCOC(=O)N1CC2(CC[C@@H](N3CCN(c4ncc(F)cc4-c4cncc(COC)c4)CC3)C2)C1. The predicted molar refractivity (Wildman–Crippen MR) is 131 cm³/mol. The van der Waals surface area contributed by atoms with Gasteiger partial charge in [-0.15, -0.1) is 0 Å². The lowest BCUT2D eigenvalue weighted by Gasteiger charge is -2.48. The molecule has 2 aromatic rings.